The third kappa shape index (κ3) is 4.53. The minimum absolute atomic E-state index is 0.0935. The van der Waals surface area contributed by atoms with E-state index in [1.165, 1.54) is 17.0 Å². The molecule has 3 aromatic rings. The summed E-state index contributed by atoms with van der Waals surface area (Å²) in [7, 11) is 0. The lowest BCUT2D eigenvalue weighted by molar-refractivity contribution is -0.121. The topological polar surface area (TPSA) is 112 Å². The standard InChI is InChI=1S/C17H17N5O4/c1-12-9-17(24)22(11-19-12)10-15(23)18-6-8-26-16-5-4-13(20-21-16)14-3-2-7-25-14/h2-5,7,9,11H,6,8,10H2,1H3,(H,18,23). The number of ether oxygens (including phenoxy) is 1. The number of rotatable bonds is 7. The molecule has 0 atom stereocenters. The summed E-state index contributed by atoms with van der Waals surface area (Å²) in [6, 6.07) is 8.34. The highest BCUT2D eigenvalue weighted by Crippen LogP contribution is 2.17. The van der Waals surface area contributed by atoms with E-state index in [2.05, 4.69) is 20.5 Å². The van der Waals surface area contributed by atoms with Crippen LogP contribution in [-0.2, 0) is 11.3 Å². The zero-order valence-electron chi connectivity index (χ0n) is 14.1. The van der Waals surface area contributed by atoms with E-state index in [0.717, 1.165) is 0 Å². The van der Waals surface area contributed by atoms with Crippen molar-refractivity contribution in [1.82, 2.24) is 25.1 Å². The number of nitrogens with one attached hydrogen (secondary N) is 1. The van der Waals surface area contributed by atoms with Crippen LogP contribution < -0.4 is 15.6 Å². The van der Waals surface area contributed by atoms with E-state index in [9.17, 15) is 9.59 Å². The molecule has 0 saturated carbocycles. The lowest BCUT2D eigenvalue weighted by Crippen LogP contribution is -2.34. The van der Waals surface area contributed by atoms with Crippen molar-refractivity contribution in [2.24, 2.45) is 0 Å². The Balaban J connectivity index is 1.42. The molecule has 0 radical (unpaired) electrons. The molecule has 1 amide bonds. The highest BCUT2D eigenvalue weighted by atomic mass is 16.5. The Labute approximate surface area is 148 Å². The Kier molecular flexibility index (Phi) is 5.37. The Hall–Kier alpha value is -3.49. The van der Waals surface area contributed by atoms with Crippen LogP contribution in [0.15, 0.2) is 52.1 Å². The SMILES string of the molecule is Cc1cc(=O)n(CC(=O)NCCOc2ccc(-c3ccco3)nn2)cn1. The molecule has 0 fully saturated rings. The van der Waals surface area contributed by atoms with Gasteiger partial charge in [-0.05, 0) is 25.1 Å². The van der Waals surface area contributed by atoms with E-state index in [1.54, 1.807) is 37.5 Å². The van der Waals surface area contributed by atoms with Gasteiger partial charge in [-0.25, -0.2) is 4.98 Å². The molecule has 1 N–H and O–H groups in total. The molecular formula is C17H17N5O4. The van der Waals surface area contributed by atoms with E-state index in [1.807, 2.05) is 0 Å². The van der Waals surface area contributed by atoms with Crippen LogP contribution in [0.4, 0.5) is 0 Å². The Bertz CT molecular complexity index is 919. The average Bonchev–Trinajstić information content (AvgIpc) is 3.16. The first-order valence-electron chi connectivity index (χ1n) is 7.92. The fourth-order valence-electron chi connectivity index (χ4n) is 2.14. The molecule has 3 rings (SSSR count). The summed E-state index contributed by atoms with van der Waals surface area (Å²) < 4.78 is 11.9. The number of nitrogens with zero attached hydrogens (tertiary/aromatic N) is 4. The van der Waals surface area contributed by atoms with Crippen molar-refractivity contribution < 1.29 is 13.9 Å². The first-order chi connectivity index (χ1) is 12.6. The van der Waals surface area contributed by atoms with Crippen molar-refractivity contribution in [3.05, 3.63) is 59.0 Å². The summed E-state index contributed by atoms with van der Waals surface area (Å²) >= 11 is 0. The van der Waals surface area contributed by atoms with Gasteiger partial charge >= 0.3 is 0 Å². The summed E-state index contributed by atoms with van der Waals surface area (Å²) in [6.07, 6.45) is 2.91. The number of carbonyl (C=O) groups is 1. The van der Waals surface area contributed by atoms with Crippen molar-refractivity contribution in [3.8, 4) is 17.3 Å². The van der Waals surface area contributed by atoms with Crippen molar-refractivity contribution in [2.75, 3.05) is 13.2 Å². The van der Waals surface area contributed by atoms with Crippen LogP contribution in [0.2, 0.25) is 0 Å². The first-order valence-corrected chi connectivity index (χ1v) is 7.92. The lowest BCUT2D eigenvalue weighted by atomic mass is 10.3. The van der Waals surface area contributed by atoms with E-state index in [-0.39, 0.29) is 31.2 Å². The molecule has 0 aliphatic carbocycles. The molecule has 0 aliphatic heterocycles. The third-order valence-corrected chi connectivity index (χ3v) is 3.42. The van der Waals surface area contributed by atoms with Gasteiger partial charge in [-0.3, -0.25) is 14.2 Å². The minimum Gasteiger partial charge on any atom is -0.475 e. The number of hydrogen-bond donors (Lipinski definition) is 1. The number of furan rings is 1. The van der Waals surface area contributed by atoms with Crippen LogP contribution >= 0.6 is 0 Å². The normalized spacial score (nSPS) is 10.5. The van der Waals surface area contributed by atoms with Crippen LogP contribution in [0.1, 0.15) is 5.69 Å². The van der Waals surface area contributed by atoms with Gasteiger partial charge in [0.2, 0.25) is 11.8 Å². The van der Waals surface area contributed by atoms with Crippen LogP contribution in [0.3, 0.4) is 0 Å². The van der Waals surface area contributed by atoms with Gasteiger partial charge in [0.1, 0.15) is 18.8 Å². The summed E-state index contributed by atoms with van der Waals surface area (Å²) in [5, 5.41) is 10.6. The quantitative estimate of drug-likeness (QED) is 0.624. The van der Waals surface area contributed by atoms with E-state index in [4.69, 9.17) is 9.15 Å². The zero-order valence-corrected chi connectivity index (χ0v) is 14.1. The molecule has 0 saturated heterocycles. The Morgan fingerprint density at radius 1 is 1.31 bits per heavy atom. The second-order valence-corrected chi connectivity index (χ2v) is 5.43. The second-order valence-electron chi connectivity index (χ2n) is 5.43. The predicted octanol–water partition coefficient (Wildman–Crippen LogP) is 0.797. The molecule has 0 unspecified atom stereocenters. The number of carbonyl (C=O) groups excluding carboxylic acids is 1. The molecule has 0 aliphatic rings. The highest BCUT2D eigenvalue weighted by Gasteiger charge is 2.06. The van der Waals surface area contributed by atoms with Gasteiger partial charge in [0, 0.05) is 17.8 Å². The van der Waals surface area contributed by atoms with Gasteiger partial charge in [-0.1, -0.05) is 0 Å². The Morgan fingerprint density at radius 3 is 2.88 bits per heavy atom. The number of hydrogen-bond acceptors (Lipinski definition) is 7. The third-order valence-electron chi connectivity index (χ3n) is 3.42. The lowest BCUT2D eigenvalue weighted by Gasteiger charge is -2.08. The van der Waals surface area contributed by atoms with Crippen LogP contribution in [0.25, 0.3) is 11.5 Å². The van der Waals surface area contributed by atoms with Crippen molar-refractivity contribution in [2.45, 2.75) is 13.5 Å². The molecule has 9 nitrogen and oxygen atoms in total. The largest absolute Gasteiger partial charge is 0.475 e. The van der Waals surface area contributed by atoms with Gasteiger partial charge in [-0.2, -0.15) is 0 Å². The maximum Gasteiger partial charge on any atom is 0.253 e. The molecule has 3 aromatic heterocycles. The summed E-state index contributed by atoms with van der Waals surface area (Å²) in [6.45, 7) is 2.12. The highest BCUT2D eigenvalue weighted by molar-refractivity contribution is 5.75. The maximum absolute atomic E-state index is 11.8. The van der Waals surface area contributed by atoms with Crippen LogP contribution in [-0.4, -0.2) is 38.8 Å². The van der Waals surface area contributed by atoms with Crippen LogP contribution in [0.5, 0.6) is 5.88 Å². The van der Waals surface area contributed by atoms with Gasteiger partial charge < -0.3 is 14.5 Å². The molecule has 9 heteroatoms. The fraction of sp³-hybridized carbons (Fsp3) is 0.235. The molecule has 0 spiro atoms. The van der Waals surface area contributed by atoms with Gasteiger partial charge in [-0.15, -0.1) is 10.2 Å². The Morgan fingerprint density at radius 2 is 2.19 bits per heavy atom. The number of aryl methyl sites for hydroxylation is 1. The van der Waals surface area contributed by atoms with E-state index < -0.39 is 0 Å². The molecule has 26 heavy (non-hydrogen) atoms. The van der Waals surface area contributed by atoms with Gasteiger partial charge in [0.25, 0.3) is 5.56 Å². The smallest absolute Gasteiger partial charge is 0.253 e. The van der Waals surface area contributed by atoms with Gasteiger partial charge in [0.05, 0.1) is 19.1 Å². The molecular weight excluding hydrogens is 338 g/mol. The monoisotopic (exact) mass is 355 g/mol. The maximum atomic E-state index is 11.8. The van der Waals surface area contributed by atoms with Crippen LogP contribution in [0, 0.1) is 6.92 Å². The molecule has 0 aromatic carbocycles. The second kappa shape index (κ2) is 8.06. The van der Waals surface area contributed by atoms with E-state index >= 15 is 0 Å². The summed E-state index contributed by atoms with van der Waals surface area (Å²) in [4.78, 5) is 27.5. The first kappa shape index (κ1) is 17.3. The van der Waals surface area contributed by atoms with Crippen molar-refractivity contribution in [1.29, 1.82) is 0 Å². The summed E-state index contributed by atoms with van der Waals surface area (Å²) in [5.74, 6) is 0.659. The average molecular weight is 355 g/mol. The zero-order chi connectivity index (χ0) is 18.4. The molecule has 3 heterocycles. The van der Waals surface area contributed by atoms with E-state index in [0.29, 0.717) is 23.0 Å². The van der Waals surface area contributed by atoms with Gasteiger partial charge in [0.15, 0.2) is 5.76 Å². The molecule has 134 valence electrons. The minimum atomic E-state index is -0.305. The molecule has 0 bridgehead atoms. The summed E-state index contributed by atoms with van der Waals surface area (Å²) in [5.41, 5.74) is 0.947. The predicted molar refractivity (Wildman–Crippen MR) is 91.5 cm³/mol. The van der Waals surface area contributed by atoms with Crippen molar-refractivity contribution in [3.63, 3.8) is 0 Å². The fourth-order valence-corrected chi connectivity index (χ4v) is 2.14. The number of aromatic nitrogens is 4. The number of amides is 1. The van der Waals surface area contributed by atoms with Crippen molar-refractivity contribution >= 4 is 5.91 Å².